The summed E-state index contributed by atoms with van der Waals surface area (Å²) in [6, 6.07) is 17.8. The lowest BCUT2D eigenvalue weighted by atomic mass is 9.36. The highest BCUT2D eigenvalue weighted by Gasteiger charge is 2.75. The predicted molar refractivity (Wildman–Crippen MR) is 251 cm³/mol. The highest BCUT2D eigenvalue weighted by molar-refractivity contribution is 5.95. The number of anilines is 2. The summed E-state index contributed by atoms with van der Waals surface area (Å²) in [6.45, 7) is 15.8. The highest BCUT2D eigenvalue weighted by Crippen LogP contribution is 2.75. The Labute approximate surface area is 383 Å². The Balaban J connectivity index is 0.991. The predicted octanol–water partition coefficient (Wildman–Crippen LogP) is 10.6. The van der Waals surface area contributed by atoms with Crippen LogP contribution in [0, 0.1) is 74.9 Å². The number of likely N-dealkylation sites (tertiary alicyclic amines) is 2. The van der Waals surface area contributed by atoms with Gasteiger partial charge in [-0.05, 0) is 185 Å². The minimum atomic E-state index is -0.426. The van der Waals surface area contributed by atoms with Crippen LogP contribution in [0.2, 0.25) is 0 Å². The zero-order valence-electron chi connectivity index (χ0n) is 39.9. The molecule has 9 nitrogen and oxygen atoms in total. The Bertz CT molecular complexity index is 2160. The van der Waals surface area contributed by atoms with Crippen LogP contribution in [-0.4, -0.2) is 65.2 Å². The van der Waals surface area contributed by atoms with Crippen molar-refractivity contribution in [2.75, 3.05) is 30.8 Å². The lowest BCUT2D eigenvalue weighted by molar-refractivity contribution is -0.248. The molecule has 4 amide bonds. The van der Waals surface area contributed by atoms with E-state index in [1.165, 1.54) is 0 Å². The zero-order chi connectivity index (χ0) is 45.0. The fourth-order valence-corrected chi connectivity index (χ4v) is 19.0. The summed E-state index contributed by atoms with van der Waals surface area (Å²) in [5.41, 5.74) is 0.699. The number of nitrogens with one attached hydrogen (secondary N) is 2. The number of piperidine rings is 2. The SMILES string of the molecule is CCN1C(=O)CC(C23CC[C@@H]4[C@@H](CC[C@]5(C)C(C(=O)Nc6ccccc6OC)CC[C@@H]45)[C@@]2(C)CCC(=O)N3CC)[C@@]2(C)C1CC[C@@H]1[C@H]2CC[C@]2(C)C(C(=O)Nc3ccccc3)CC[C@@H]12. The standard InChI is InChI=1S/C55H76N4O5/c1-8-58-46-24-19-35-37-20-22-41(49(62)56-34-15-11-10-12-16-34)52(37,4)30-27-40(35)54(46,6)45(33-48(58)61)55-32-25-36-38-21-23-42(50(63)57-43-17-13-14-18-44(43)64-7)51(38,3)29-26-39(36)53(55,5)31-28-47(60)59(55)9-2/h10-18,35-42,45-46H,8-9,19-33H2,1-7H3,(H,56,62)(H,57,63)/t35-,36-,37-,38-,39+,40+,41?,42?,45?,46?,51-,52-,53+,54-,55?/m0/s1. The first kappa shape index (κ1) is 44.0. The normalized spacial score (nSPS) is 43.5. The molecule has 346 valence electrons. The second kappa shape index (κ2) is 15.9. The van der Waals surface area contributed by atoms with E-state index in [1.54, 1.807) is 7.11 Å². The molecule has 2 saturated heterocycles. The number of methoxy groups -OCH3 is 1. The number of benzene rings is 2. The van der Waals surface area contributed by atoms with Crippen LogP contribution in [0.25, 0.3) is 0 Å². The maximum Gasteiger partial charge on any atom is 0.228 e. The monoisotopic (exact) mass is 873 g/mol. The molecule has 64 heavy (non-hydrogen) atoms. The molecule has 5 unspecified atom stereocenters. The summed E-state index contributed by atoms with van der Waals surface area (Å²) < 4.78 is 5.62. The summed E-state index contributed by atoms with van der Waals surface area (Å²) >= 11 is 0. The Hall–Kier alpha value is -3.88. The van der Waals surface area contributed by atoms with Crippen LogP contribution in [-0.2, 0) is 19.2 Å². The van der Waals surface area contributed by atoms with Gasteiger partial charge in [0.25, 0.3) is 0 Å². The second-order valence-corrected chi connectivity index (χ2v) is 23.1. The summed E-state index contributed by atoms with van der Waals surface area (Å²) in [5, 5.41) is 6.59. The molecule has 8 aliphatic rings. The average molecular weight is 873 g/mol. The second-order valence-electron chi connectivity index (χ2n) is 23.1. The van der Waals surface area contributed by atoms with Crippen LogP contribution in [0.15, 0.2) is 54.6 Å². The van der Waals surface area contributed by atoms with Crippen LogP contribution < -0.4 is 15.4 Å². The summed E-state index contributed by atoms with van der Waals surface area (Å²) in [4.78, 5) is 62.6. The van der Waals surface area contributed by atoms with E-state index in [0.717, 1.165) is 101 Å². The van der Waals surface area contributed by atoms with Gasteiger partial charge in [0.05, 0.1) is 18.3 Å². The molecule has 8 fully saturated rings. The molecule has 2 aromatic carbocycles. The molecular weight excluding hydrogens is 797 g/mol. The highest BCUT2D eigenvalue weighted by atomic mass is 16.5. The van der Waals surface area contributed by atoms with E-state index in [2.05, 4.69) is 62.0 Å². The number of carbonyl (C=O) groups is 4. The molecular formula is C55H76N4O5. The summed E-state index contributed by atoms with van der Waals surface area (Å²) in [6.07, 6.45) is 14.2. The van der Waals surface area contributed by atoms with Crippen LogP contribution in [0.3, 0.4) is 0 Å². The van der Waals surface area contributed by atoms with Crippen molar-refractivity contribution in [1.29, 1.82) is 0 Å². The molecule has 2 heterocycles. The third-order valence-electron chi connectivity index (χ3n) is 21.6. The average Bonchev–Trinajstić information content (AvgIpc) is 3.84. The topological polar surface area (TPSA) is 108 Å². The first-order valence-electron chi connectivity index (χ1n) is 25.6. The van der Waals surface area contributed by atoms with Gasteiger partial charge < -0.3 is 25.2 Å². The molecule has 0 bridgehead atoms. The van der Waals surface area contributed by atoms with E-state index in [1.807, 2.05) is 54.6 Å². The van der Waals surface area contributed by atoms with E-state index in [-0.39, 0.29) is 69.1 Å². The molecule has 15 atom stereocenters. The van der Waals surface area contributed by atoms with Crippen molar-refractivity contribution in [1.82, 2.24) is 9.80 Å². The van der Waals surface area contributed by atoms with E-state index in [4.69, 9.17) is 4.74 Å². The number of fused-ring (bicyclic) bond motifs is 10. The lowest BCUT2D eigenvalue weighted by Crippen LogP contribution is -2.79. The maximum absolute atomic E-state index is 14.9. The summed E-state index contributed by atoms with van der Waals surface area (Å²) in [5.74, 6) is 4.26. The number of nitrogens with zero attached hydrogens (tertiary/aromatic N) is 2. The van der Waals surface area contributed by atoms with Gasteiger partial charge in [-0.15, -0.1) is 0 Å². The molecule has 9 heteroatoms. The third kappa shape index (κ3) is 6.04. The van der Waals surface area contributed by atoms with Gasteiger partial charge in [-0.2, -0.15) is 0 Å². The molecule has 2 aliphatic heterocycles. The van der Waals surface area contributed by atoms with Crippen molar-refractivity contribution in [3.8, 4) is 5.75 Å². The Morgan fingerprint density at radius 2 is 1.28 bits per heavy atom. The van der Waals surface area contributed by atoms with Crippen molar-refractivity contribution >= 4 is 35.0 Å². The molecule has 6 aliphatic carbocycles. The van der Waals surface area contributed by atoms with Crippen LogP contribution in [0.5, 0.6) is 5.75 Å². The number of hydrogen-bond acceptors (Lipinski definition) is 5. The molecule has 6 saturated carbocycles. The van der Waals surface area contributed by atoms with E-state index in [9.17, 15) is 19.2 Å². The van der Waals surface area contributed by atoms with E-state index in [0.29, 0.717) is 60.6 Å². The minimum absolute atomic E-state index is 0.0109. The third-order valence-corrected chi connectivity index (χ3v) is 21.6. The minimum Gasteiger partial charge on any atom is -0.495 e. The van der Waals surface area contributed by atoms with Crippen molar-refractivity contribution in [2.45, 2.75) is 149 Å². The van der Waals surface area contributed by atoms with Crippen LogP contribution in [0.1, 0.15) is 138 Å². The number of amides is 4. The van der Waals surface area contributed by atoms with Gasteiger partial charge >= 0.3 is 0 Å². The maximum atomic E-state index is 14.9. The molecule has 0 aromatic heterocycles. The largest absolute Gasteiger partial charge is 0.495 e. The first-order valence-corrected chi connectivity index (χ1v) is 25.6. The summed E-state index contributed by atoms with van der Waals surface area (Å²) in [7, 11) is 1.65. The molecule has 0 spiro atoms. The van der Waals surface area contributed by atoms with Crippen molar-refractivity contribution in [3.05, 3.63) is 54.6 Å². The van der Waals surface area contributed by atoms with Crippen molar-refractivity contribution < 1.29 is 23.9 Å². The smallest absolute Gasteiger partial charge is 0.228 e. The van der Waals surface area contributed by atoms with Crippen LogP contribution in [0.4, 0.5) is 11.4 Å². The molecule has 2 N–H and O–H groups in total. The van der Waals surface area contributed by atoms with Gasteiger partial charge in [-0.1, -0.05) is 58.0 Å². The number of para-hydroxylation sites is 3. The fourth-order valence-electron chi connectivity index (χ4n) is 19.0. The molecule has 2 aromatic rings. The van der Waals surface area contributed by atoms with Gasteiger partial charge in [-0.25, -0.2) is 0 Å². The fraction of sp³-hybridized carbons (Fsp3) is 0.709. The number of carbonyl (C=O) groups excluding carboxylic acids is 4. The van der Waals surface area contributed by atoms with Crippen LogP contribution >= 0.6 is 0 Å². The van der Waals surface area contributed by atoms with Gasteiger partial charge in [0.1, 0.15) is 5.75 Å². The quantitative estimate of drug-likeness (QED) is 0.275. The number of rotatable bonds is 8. The van der Waals surface area contributed by atoms with Gasteiger partial charge in [0.2, 0.25) is 23.6 Å². The van der Waals surface area contributed by atoms with E-state index < -0.39 is 5.54 Å². The lowest BCUT2D eigenvalue weighted by Gasteiger charge is -2.75. The Morgan fingerprint density at radius 3 is 1.94 bits per heavy atom. The van der Waals surface area contributed by atoms with Gasteiger partial charge in [0.15, 0.2) is 0 Å². The number of ether oxygens (including phenoxy) is 1. The Kier molecular flexibility index (Phi) is 10.9. The van der Waals surface area contributed by atoms with Gasteiger partial charge in [-0.3, -0.25) is 19.2 Å². The van der Waals surface area contributed by atoms with Gasteiger partial charge in [0, 0.05) is 49.5 Å². The van der Waals surface area contributed by atoms with Crippen molar-refractivity contribution in [2.24, 2.45) is 74.9 Å². The van der Waals surface area contributed by atoms with E-state index >= 15 is 0 Å². The Morgan fingerprint density at radius 1 is 0.656 bits per heavy atom. The zero-order valence-corrected chi connectivity index (χ0v) is 39.9. The van der Waals surface area contributed by atoms with Crippen molar-refractivity contribution in [3.63, 3.8) is 0 Å². The number of hydrogen-bond donors (Lipinski definition) is 2. The first-order chi connectivity index (χ1) is 30.7. The molecule has 10 rings (SSSR count). The molecule has 0 radical (unpaired) electrons.